The van der Waals surface area contributed by atoms with Gasteiger partial charge in [-0.1, -0.05) is 17.7 Å². The van der Waals surface area contributed by atoms with E-state index in [0.717, 1.165) is 5.56 Å². The molecule has 0 radical (unpaired) electrons. The van der Waals surface area contributed by atoms with Crippen LogP contribution in [0, 0.1) is 13.8 Å². The van der Waals surface area contributed by atoms with Crippen molar-refractivity contribution in [3.8, 4) is 0 Å². The van der Waals surface area contributed by atoms with Gasteiger partial charge in [0, 0.05) is 12.1 Å². The Morgan fingerprint density at radius 1 is 1.37 bits per heavy atom. The Morgan fingerprint density at radius 3 is 2.68 bits per heavy atom. The first-order valence-electron chi connectivity index (χ1n) is 5.75. The van der Waals surface area contributed by atoms with Gasteiger partial charge in [-0.2, -0.15) is 5.10 Å². The summed E-state index contributed by atoms with van der Waals surface area (Å²) >= 11 is 0. The van der Waals surface area contributed by atoms with Gasteiger partial charge in [0.2, 0.25) is 10.0 Å². The highest BCUT2D eigenvalue weighted by molar-refractivity contribution is 7.89. The molecule has 0 spiro atoms. The van der Waals surface area contributed by atoms with Gasteiger partial charge in [-0.25, -0.2) is 13.1 Å². The Bertz CT molecular complexity index is 692. The second-order valence-electron chi connectivity index (χ2n) is 4.40. The van der Waals surface area contributed by atoms with Crippen molar-refractivity contribution >= 4 is 15.8 Å². The van der Waals surface area contributed by atoms with E-state index in [4.69, 9.17) is 5.73 Å². The van der Waals surface area contributed by atoms with Gasteiger partial charge in [0.1, 0.15) is 5.82 Å². The molecule has 2 rings (SSSR count). The Labute approximate surface area is 112 Å². The predicted octanol–water partition coefficient (Wildman–Crippen LogP) is 1.09. The molecule has 0 saturated carbocycles. The summed E-state index contributed by atoms with van der Waals surface area (Å²) < 4.78 is 26.9. The van der Waals surface area contributed by atoms with E-state index in [1.807, 2.05) is 13.0 Å². The van der Waals surface area contributed by atoms with E-state index in [-0.39, 0.29) is 11.4 Å². The zero-order valence-electron chi connectivity index (χ0n) is 10.8. The van der Waals surface area contributed by atoms with Crippen LogP contribution < -0.4 is 10.5 Å². The number of anilines is 1. The molecule has 0 fully saturated rings. The lowest BCUT2D eigenvalue weighted by Crippen LogP contribution is -2.24. The summed E-state index contributed by atoms with van der Waals surface area (Å²) in [4.78, 5) is 0.278. The zero-order chi connectivity index (χ0) is 14.0. The number of nitrogens with one attached hydrogen (secondary N) is 2. The minimum atomic E-state index is -3.55. The Balaban J connectivity index is 2.21. The number of nitrogens with zero attached hydrogens (tertiary/aromatic N) is 1. The van der Waals surface area contributed by atoms with E-state index in [2.05, 4.69) is 14.9 Å². The lowest BCUT2D eigenvalue weighted by atomic mass is 10.2. The number of sulfonamides is 1. The number of hydrogen-bond acceptors (Lipinski definition) is 4. The molecule has 0 atom stereocenters. The van der Waals surface area contributed by atoms with Crippen molar-refractivity contribution < 1.29 is 8.42 Å². The number of rotatable bonds is 4. The second-order valence-corrected chi connectivity index (χ2v) is 6.14. The van der Waals surface area contributed by atoms with Crippen molar-refractivity contribution in [1.82, 2.24) is 14.9 Å². The van der Waals surface area contributed by atoms with Gasteiger partial charge >= 0.3 is 0 Å². The Morgan fingerprint density at radius 2 is 2.11 bits per heavy atom. The SMILES string of the molecule is Cc1ccc(S(=O)(=O)NCc2cn[nH]c2N)c(C)c1. The molecule has 0 aliphatic rings. The predicted molar refractivity (Wildman–Crippen MR) is 72.9 cm³/mol. The first-order chi connectivity index (χ1) is 8.90. The largest absolute Gasteiger partial charge is 0.384 e. The molecule has 0 aliphatic heterocycles. The van der Waals surface area contributed by atoms with Gasteiger partial charge in [0.15, 0.2) is 0 Å². The fraction of sp³-hybridized carbons (Fsp3) is 0.250. The number of nitrogen functional groups attached to an aromatic ring is 1. The number of nitrogens with two attached hydrogens (primary N) is 1. The normalized spacial score (nSPS) is 11.7. The van der Waals surface area contributed by atoms with Gasteiger partial charge in [0.25, 0.3) is 0 Å². The molecule has 1 aromatic heterocycles. The maximum Gasteiger partial charge on any atom is 0.241 e. The lowest BCUT2D eigenvalue weighted by Gasteiger charge is -2.09. The van der Waals surface area contributed by atoms with Crippen LogP contribution in [0.3, 0.4) is 0 Å². The number of benzene rings is 1. The average Bonchev–Trinajstić information content (AvgIpc) is 2.72. The number of aryl methyl sites for hydroxylation is 2. The zero-order valence-corrected chi connectivity index (χ0v) is 11.6. The third-order valence-corrected chi connectivity index (χ3v) is 4.39. The van der Waals surface area contributed by atoms with Gasteiger partial charge in [-0.3, -0.25) is 5.10 Å². The molecule has 7 heteroatoms. The van der Waals surface area contributed by atoms with E-state index in [0.29, 0.717) is 16.9 Å². The molecule has 4 N–H and O–H groups in total. The molecule has 19 heavy (non-hydrogen) atoms. The summed E-state index contributed by atoms with van der Waals surface area (Å²) in [6.45, 7) is 3.80. The molecule has 0 bridgehead atoms. The highest BCUT2D eigenvalue weighted by atomic mass is 32.2. The van der Waals surface area contributed by atoms with E-state index in [1.165, 1.54) is 6.20 Å². The Hall–Kier alpha value is -1.86. The highest BCUT2D eigenvalue weighted by Crippen LogP contribution is 2.17. The van der Waals surface area contributed by atoms with Crippen LogP contribution >= 0.6 is 0 Å². The molecule has 2 aromatic rings. The summed E-state index contributed by atoms with van der Waals surface area (Å²) in [5.41, 5.74) is 7.96. The molecule has 0 unspecified atom stereocenters. The van der Waals surface area contributed by atoms with Crippen LogP contribution in [-0.4, -0.2) is 18.6 Å². The standard InChI is InChI=1S/C12H16N4O2S/c1-8-3-4-11(9(2)5-8)19(17,18)15-7-10-6-14-16-12(10)13/h3-6,15H,7H2,1-2H3,(H3,13,14,16). The summed E-state index contributed by atoms with van der Waals surface area (Å²) in [5.74, 6) is 0.364. The topological polar surface area (TPSA) is 101 Å². The van der Waals surface area contributed by atoms with Crippen LogP contribution in [0.2, 0.25) is 0 Å². The molecular weight excluding hydrogens is 264 g/mol. The fourth-order valence-corrected chi connectivity index (χ4v) is 3.04. The van der Waals surface area contributed by atoms with Crippen LogP contribution in [0.25, 0.3) is 0 Å². The summed E-state index contributed by atoms with van der Waals surface area (Å²) in [7, 11) is -3.55. The summed E-state index contributed by atoms with van der Waals surface area (Å²) in [6.07, 6.45) is 1.50. The fourth-order valence-electron chi connectivity index (χ4n) is 1.81. The van der Waals surface area contributed by atoms with E-state index >= 15 is 0 Å². The summed E-state index contributed by atoms with van der Waals surface area (Å²) in [6, 6.07) is 5.21. The number of aromatic amines is 1. The molecule has 0 amide bonds. The third-order valence-electron chi connectivity index (χ3n) is 2.82. The van der Waals surface area contributed by atoms with Gasteiger partial charge < -0.3 is 5.73 Å². The second kappa shape index (κ2) is 5.02. The van der Waals surface area contributed by atoms with Crippen molar-refractivity contribution in [3.63, 3.8) is 0 Å². The van der Waals surface area contributed by atoms with E-state index in [1.54, 1.807) is 19.1 Å². The van der Waals surface area contributed by atoms with Crippen LogP contribution in [0.5, 0.6) is 0 Å². The molecule has 0 saturated heterocycles. The maximum absolute atomic E-state index is 12.2. The average molecular weight is 280 g/mol. The third kappa shape index (κ3) is 2.94. The minimum absolute atomic E-state index is 0.109. The molecule has 1 aromatic carbocycles. The van der Waals surface area contributed by atoms with Crippen molar-refractivity contribution in [2.45, 2.75) is 25.3 Å². The number of aromatic nitrogens is 2. The molecule has 0 aliphatic carbocycles. The van der Waals surface area contributed by atoms with Crippen molar-refractivity contribution in [1.29, 1.82) is 0 Å². The lowest BCUT2D eigenvalue weighted by molar-refractivity contribution is 0.581. The maximum atomic E-state index is 12.2. The van der Waals surface area contributed by atoms with Crippen LogP contribution in [0.4, 0.5) is 5.82 Å². The van der Waals surface area contributed by atoms with Crippen LogP contribution in [-0.2, 0) is 16.6 Å². The van der Waals surface area contributed by atoms with Gasteiger partial charge in [0.05, 0.1) is 11.1 Å². The van der Waals surface area contributed by atoms with Crippen LogP contribution in [0.15, 0.2) is 29.3 Å². The first kappa shape index (κ1) is 13.6. The van der Waals surface area contributed by atoms with Crippen LogP contribution in [0.1, 0.15) is 16.7 Å². The van der Waals surface area contributed by atoms with Gasteiger partial charge in [-0.05, 0) is 25.5 Å². The molecule has 6 nitrogen and oxygen atoms in total. The molecular formula is C12H16N4O2S. The quantitative estimate of drug-likeness (QED) is 0.780. The summed E-state index contributed by atoms with van der Waals surface area (Å²) in [5, 5.41) is 6.30. The number of H-pyrrole nitrogens is 1. The molecule has 1 heterocycles. The van der Waals surface area contributed by atoms with E-state index < -0.39 is 10.0 Å². The van der Waals surface area contributed by atoms with Crippen molar-refractivity contribution in [2.24, 2.45) is 0 Å². The van der Waals surface area contributed by atoms with E-state index in [9.17, 15) is 8.42 Å². The number of hydrogen-bond donors (Lipinski definition) is 3. The van der Waals surface area contributed by atoms with Gasteiger partial charge in [-0.15, -0.1) is 0 Å². The Kier molecular flexibility index (Phi) is 3.59. The minimum Gasteiger partial charge on any atom is -0.384 e. The first-order valence-corrected chi connectivity index (χ1v) is 7.23. The monoisotopic (exact) mass is 280 g/mol. The highest BCUT2D eigenvalue weighted by Gasteiger charge is 2.17. The van der Waals surface area contributed by atoms with Crippen molar-refractivity contribution in [2.75, 3.05) is 5.73 Å². The molecule has 102 valence electrons. The van der Waals surface area contributed by atoms with Crippen molar-refractivity contribution in [3.05, 3.63) is 41.1 Å². The smallest absolute Gasteiger partial charge is 0.241 e.